The van der Waals surface area contributed by atoms with E-state index in [9.17, 15) is 0 Å². The molecule has 0 atom stereocenters. The molecule has 1 aromatic rings. The van der Waals surface area contributed by atoms with E-state index < -0.39 is 5.97 Å². The summed E-state index contributed by atoms with van der Waals surface area (Å²) in [6, 6.07) is 2.03. The molecule has 0 amide bonds. The Morgan fingerprint density at radius 1 is 1.62 bits per heavy atom. The second-order valence-electron chi connectivity index (χ2n) is 2.16. The SMILES string of the molecule is BrCc1cncc(Br)c1.CC(=O)O. The van der Waals surface area contributed by atoms with E-state index in [0.717, 1.165) is 16.7 Å². The largest absolute Gasteiger partial charge is 0.481 e. The molecule has 1 aromatic heterocycles. The minimum absolute atomic E-state index is 0.833. The van der Waals surface area contributed by atoms with Crippen LogP contribution in [-0.4, -0.2) is 16.1 Å². The first-order valence-corrected chi connectivity index (χ1v) is 5.32. The van der Waals surface area contributed by atoms with Crippen molar-refractivity contribution >= 4 is 37.8 Å². The van der Waals surface area contributed by atoms with Crippen molar-refractivity contribution in [3.63, 3.8) is 0 Å². The first-order chi connectivity index (χ1) is 6.06. The van der Waals surface area contributed by atoms with E-state index in [-0.39, 0.29) is 0 Å². The second-order valence-corrected chi connectivity index (χ2v) is 3.64. The van der Waals surface area contributed by atoms with Gasteiger partial charge in [0, 0.05) is 29.1 Å². The van der Waals surface area contributed by atoms with Crippen molar-refractivity contribution in [1.29, 1.82) is 0 Å². The van der Waals surface area contributed by atoms with Gasteiger partial charge in [-0.1, -0.05) is 15.9 Å². The molecule has 0 aliphatic heterocycles. The van der Waals surface area contributed by atoms with Gasteiger partial charge in [0.1, 0.15) is 0 Å². The number of carbonyl (C=O) groups is 1. The lowest BCUT2D eigenvalue weighted by Crippen LogP contribution is -1.78. The molecule has 0 aliphatic carbocycles. The van der Waals surface area contributed by atoms with Crippen LogP contribution in [0.5, 0.6) is 0 Å². The zero-order valence-electron chi connectivity index (χ0n) is 7.00. The van der Waals surface area contributed by atoms with Gasteiger partial charge in [0.25, 0.3) is 5.97 Å². The van der Waals surface area contributed by atoms with Crippen LogP contribution in [0.25, 0.3) is 0 Å². The van der Waals surface area contributed by atoms with Gasteiger partial charge in [0.15, 0.2) is 0 Å². The summed E-state index contributed by atoms with van der Waals surface area (Å²) in [7, 11) is 0. The molecule has 13 heavy (non-hydrogen) atoms. The standard InChI is InChI=1S/C6H5Br2N.C2H4O2/c7-2-5-1-6(8)4-9-3-5;1-2(3)4/h1,3-4H,2H2;1H3,(H,3,4). The van der Waals surface area contributed by atoms with E-state index in [1.54, 1.807) is 6.20 Å². The monoisotopic (exact) mass is 309 g/mol. The topological polar surface area (TPSA) is 50.2 Å². The van der Waals surface area contributed by atoms with E-state index in [1.807, 2.05) is 12.3 Å². The number of hydrogen-bond acceptors (Lipinski definition) is 2. The summed E-state index contributed by atoms with van der Waals surface area (Å²) in [6.45, 7) is 1.08. The van der Waals surface area contributed by atoms with Gasteiger partial charge in [-0.05, 0) is 27.6 Å². The minimum atomic E-state index is -0.833. The zero-order chi connectivity index (χ0) is 10.3. The van der Waals surface area contributed by atoms with Crippen LogP contribution in [0.15, 0.2) is 22.9 Å². The Kier molecular flexibility index (Phi) is 6.80. The predicted octanol–water partition coefficient (Wildman–Crippen LogP) is 2.83. The van der Waals surface area contributed by atoms with E-state index in [2.05, 4.69) is 36.8 Å². The lowest BCUT2D eigenvalue weighted by atomic mass is 10.3. The summed E-state index contributed by atoms with van der Waals surface area (Å²) in [5.74, 6) is -0.833. The lowest BCUT2D eigenvalue weighted by molar-refractivity contribution is -0.134. The maximum Gasteiger partial charge on any atom is 0.300 e. The highest BCUT2D eigenvalue weighted by Crippen LogP contribution is 2.11. The molecular formula is C8H9Br2NO2. The minimum Gasteiger partial charge on any atom is -0.481 e. The third-order valence-electron chi connectivity index (χ3n) is 0.916. The summed E-state index contributed by atoms with van der Waals surface area (Å²) in [4.78, 5) is 13.0. The van der Waals surface area contributed by atoms with Crippen LogP contribution in [-0.2, 0) is 10.1 Å². The Balaban J connectivity index is 0.000000310. The summed E-state index contributed by atoms with van der Waals surface area (Å²) in [5.41, 5.74) is 1.18. The molecule has 0 spiro atoms. The first-order valence-electron chi connectivity index (χ1n) is 3.41. The molecule has 0 radical (unpaired) electrons. The summed E-state index contributed by atoms with van der Waals surface area (Å²) >= 11 is 6.65. The molecule has 0 aromatic carbocycles. The van der Waals surface area contributed by atoms with Crippen molar-refractivity contribution in [3.8, 4) is 0 Å². The lowest BCUT2D eigenvalue weighted by Gasteiger charge is -1.92. The number of aliphatic carboxylic acids is 1. The van der Waals surface area contributed by atoms with Gasteiger partial charge < -0.3 is 5.11 Å². The number of aromatic nitrogens is 1. The number of alkyl halides is 1. The maximum atomic E-state index is 9.00. The number of nitrogens with zero attached hydrogens (tertiary/aromatic N) is 1. The van der Waals surface area contributed by atoms with E-state index >= 15 is 0 Å². The Morgan fingerprint density at radius 2 is 2.15 bits per heavy atom. The van der Waals surface area contributed by atoms with E-state index in [1.165, 1.54) is 5.56 Å². The molecule has 72 valence electrons. The summed E-state index contributed by atoms with van der Waals surface area (Å²) in [6.07, 6.45) is 3.60. The highest BCUT2D eigenvalue weighted by Gasteiger charge is 1.89. The normalized spacial score (nSPS) is 8.54. The second kappa shape index (κ2) is 7.03. The summed E-state index contributed by atoms with van der Waals surface area (Å²) in [5, 5.41) is 8.28. The average molecular weight is 311 g/mol. The fourth-order valence-corrected chi connectivity index (χ4v) is 1.25. The van der Waals surface area contributed by atoms with Crippen LogP contribution in [0.1, 0.15) is 12.5 Å². The number of carboxylic acids is 1. The van der Waals surface area contributed by atoms with E-state index in [4.69, 9.17) is 9.90 Å². The molecule has 3 nitrogen and oxygen atoms in total. The third-order valence-corrected chi connectivity index (χ3v) is 2.00. The Hall–Kier alpha value is -0.420. The molecular weight excluding hydrogens is 302 g/mol. The molecule has 0 aliphatic rings. The van der Waals surface area contributed by atoms with Crippen LogP contribution in [0.4, 0.5) is 0 Å². The quantitative estimate of drug-likeness (QED) is 0.812. The molecule has 1 N–H and O–H groups in total. The molecule has 1 heterocycles. The van der Waals surface area contributed by atoms with Gasteiger partial charge in [-0.25, -0.2) is 0 Å². The smallest absolute Gasteiger partial charge is 0.300 e. The van der Waals surface area contributed by atoms with Crippen molar-refractivity contribution in [2.75, 3.05) is 0 Å². The van der Waals surface area contributed by atoms with Gasteiger partial charge in [-0.2, -0.15) is 0 Å². The summed E-state index contributed by atoms with van der Waals surface area (Å²) < 4.78 is 1.03. The predicted molar refractivity (Wildman–Crippen MR) is 57.9 cm³/mol. The Morgan fingerprint density at radius 3 is 2.46 bits per heavy atom. The van der Waals surface area contributed by atoms with Gasteiger partial charge in [-0.3, -0.25) is 9.78 Å². The number of carboxylic acid groups (broad SMARTS) is 1. The van der Waals surface area contributed by atoms with Crippen LogP contribution < -0.4 is 0 Å². The fourth-order valence-electron chi connectivity index (χ4n) is 0.529. The van der Waals surface area contributed by atoms with Gasteiger partial charge in [-0.15, -0.1) is 0 Å². The molecule has 0 fully saturated rings. The zero-order valence-corrected chi connectivity index (χ0v) is 10.2. The van der Waals surface area contributed by atoms with Crippen molar-refractivity contribution in [1.82, 2.24) is 4.98 Å². The van der Waals surface area contributed by atoms with Crippen molar-refractivity contribution in [3.05, 3.63) is 28.5 Å². The van der Waals surface area contributed by atoms with Gasteiger partial charge >= 0.3 is 0 Å². The molecule has 0 unspecified atom stereocenters. The highest BCUT2D eigenvalue weighted by atomic mass is 79.9. The van der Waals surface area contributed by atoms with Gasteiger partial charge in [0.2, 0.25) is 0 Å². The number of halogens is 2. The van der Waals surface area contributed by atoms with E-state index in [0.29, 0.717) is 0 Å². The molecule has 0 saturated heterocycles. The van der Waals surface area contributed by atoms with Crippen LogP contribution >= 0.6 is 31.9 Å². The van der Waals surface area contributed by atoms with Crippen LogP contribution in [0, 0.1) is 0 Å². The average Bonchev–Trinajstić information content (AvgIpc) is 2.03. The fraction of sp³-hybridized carbons (Fsp3) is 0.250. The number of pyridine rings is 1. The van der Waals surface area contributed by atoms with Gasteiger partial charge in [0.05, 0.1) is 0 Å². The van der Waals surface area contributed by atoms with Crippen molar-refractivity contribution in [2.24, 2.45) is 0 Å². The molecule has 0 bridgehead atoms. The third kappa shape index (κ3) is 7.93. The van der Waals surface area contributed by atoms with Crippen molar-refractivity contribution < 1.29 is 9.90 Å². The molecule has 5 heteroatoms. The van der Waals surface area contributed by atoms with Crippen molar-refractivity contribution in [2.45, 2.75) is 12.3 Å². The highest BCUT2D eigenvalue weighted by molar-refractivity contribution is 9.10. The number of rotatable bonds is 1. The maximum absolute atomic E-state index is 9.00. The van der Waals surface area contributed by atoms with Crippen LogP contribution in [0.3, 0.4) is 0 Å². The first kappa shape index (κ1) is 12.6. The Labute approximate surface area is 93.4 Å². The van der Waals surface area contributed by atoms with Crippen LogP contribution in [0.2, 0.25) is 0 Å². The number of hydrogen-bond donors (Lipinski definition) is 1. The molecule has 0 saturated carbocycles. The Bertz CT molecular complexity index is 275. The molecule has 1 rings (SSSR count).